The van der Waals surface area contributed by atoms with Gasteiger partial charge in [-0.2, -0.15) is 0 Å². The third-order valence-electron chi connectivity index (χ3n) is 3.97. The molecule has 0 aliphatic rings. The predicted molar refractivity (Wildman–Crippen MR) is 101 cm³/mol. The summed E-state index contributed by atoms with van der Waals surface area (Å²) in [6, 6.07) is 27.5. The van der Waals surface area contributed by atoms with E-state index in [0.29, 0.717) is 5.88 Å². The first-order chi connectivity index (χ1) is 11.8. The summed E-state index contributed by atoms with van der Waals surface area (Å²) in [6.45, 7) is 0. The van der Waals surface area contributed by atoms with Crippen LogP contribution in [0.4, 0.5) is 0 Å². The number of alkyl halides is 1. The maximum atomic E-state index is 11.5. The van der Waals surface area contributed by atoms with E-state index in [1.807, 2.05) is 48.5 Å². The standard InChI is InChI=1S/C22H18ClO/c23-16-15-21(17-7-3-1-4-8-17)22(18-9-5-2-6-10-18)19-11-13-20(24)14-12-19/h1-14H,15-16H2. The van der Waals surface area contributed by atoms with Crippen LogP contribution in [-0.4, -0.2) is 5.88 Å². The van der Waals surface area contributed by atoms with Gasteiger partial charge in [-0.3, -0.25) is 5.11 Å². The van der Waals surface area contributed by atoms with Crippen LogP contribution in [0.2, 0.25) is 0 Å². The lowest BCUT2D eigenvalue weighted by molar-refractivity contribution is 0.355. The maximum absolute atomic E-state index is 11.5. The van der Waals surface area contributed by atoms with E-state index in [1.165, 1.54) is 5.57 Å². The summed E-state index contributed by atoms with van der Waals surface area (Å²) in [5, 5.41) is 11.5. The summed E-state index contributed by atoms with van der Waals surface area (Å²) >= 11 is 6.11. The van der Waals surface area contributed by atoms with E-state index in [2.05, 4.69) is 24.3 Å². The second-order valence-corrected chi connectivity index (χ2v) is 5.93. The molecule has 0 saturated carbocycles. The van der Waals surface area contributed by atoms with Crippen LogP contribution in [0.1, 0.15) is 23.1 Å². The van der Waals surface area contributed by atoms with Crippen LogP contribution in [-0.2, 0) is 5.11 Å². The molecule has 0 spiro atoms. The van der Waals surface area contributed by atoms with E-state index in [9.17, 15) is 5.11 Å². The van der Waals surface area contributed by atoms with E-state index >= 15 is 0 Å². The molecule has 0 amide bonds. The monoisotopic (exact) mass is 333 g/mol. The van der Waals surface area contributed by atoms with Gasteiger partial charge in [0.2, 0.25) is 0 Å². The summed E-state index contributed by atoms with van der Waals surface area (Å²) < 4.78 is 0. The Kier molecular flexibility index (Phi) is 5.35. The van der Waals surface area contributed by atoms with Gasteiger partial charge in [0.15, 0.2) is 5.75 Å². The van der Waals surface area contributed by atoms with Crippen molar-refractivity contribution in [1.82, 2.24) is 0 Å². The topological polar surface area (TPSA) is 19.9 Å². The van der Waals surface area contributed by atoms with Gasteiger partial charge in [0, 0.05) is 5.88 Å². The molecule has 0 unspecified atom stereocenters. The minimum absolute atomic E-state index is 0.0183. The van der Waals surface area contributed by atoms with Crippen molar-refractivity contribution in [2.75, 3.05) is 5.88 Å². The van der Waals surface area contributed by atoms with Gasteiger partial charge in [0.05, 0.1) is 0 Å². The number of hydrogen-bond donors (Lipinski definition) is 0. The van der Waals surface area contributed by atoms with Crippen molar-refractivity contribution < 1.29 is 5.11 Å². The summed E-state index contributed by atoms with van der Waals surface area (Å²) in [5.41, 5.74) is 5.63. The second-order valence-electron chi connectivity index (χ2n) is 5.55. The number of allylic oxidation sites excluding steroid dienone is 1. The third-order valence-corrected chi connectivity index (χ3v) is 4.16. The quantitative estimate of drug-likeness (QED) is 0.379. The molecule has 3 rings (SSSR count). The summed E-state index contributed by atoms with van der Waals surface area (Å²) in [7, 11) is 0. The molecule has 0 N–H and O–H groups in total. The van der Waals surface area contributed by atoms with Gasteiger partial charge in [-0.05, 0) is 46.4 Å². The average Bonchev–Trinajstić information content (AvgIpc) is 2.64. The summed E-state index contributed by atoms with van der Waals surface area (Å²) in [6.07, 6.45) is 0.759. The van der Waals surface area contributed by atoms with Crippen LogP contribution in [0, 0.1) is 0 Å². The number of hydrogen-bond acceptors (Lipinski definition) is 0. The fourth-order valence-electron chi connectivity index (χ4n) is 2.89. The molecule has 0 atom stereocenters. The van der Waals surface area contributed by atoms with Crippen LogP contribution < -0.4 is 0 Å². The highest BCUT2D eigenvalue weighted by Gasteiger charge is 2.13. The van der Waals surface area contributed by atoms with Gasteiger partial charge in [0.1, 0.15) is 0 Å². The van der Waals surface area contributed by atoms with Crippen molar-refractivity contribution in [2.45, 2.75) is 6.42 Å². The lowest BCUT2D eigenvalue weighted by Crippen LogP contribution is -1.96. The van der Waals surface area contributed by atoms with Gasteiger partial charge >= 0.3 is 0 Å². The Hall–Kier alpha value is -2.51. The fraction of sp³-hybridized carbons (Fsp3) is 0.0909. The molecule has 3 aromatic carbocycles. The van der Waals surface area contributed by atoms with Crippen molar-refractivity contribution >= 4 is 22.7 Å². The normalized spacial score (nSPS) is 11.9. The van der Waals surface area contributed by atoms with Crippen molar-refractivity contribution in [2.24, 2.45) is 0 Å². The fourth-order valence-corrected chi connectivity index (χ4v) is 3.08. The molecule has 0 aliphatic carbocycles. The number of halogens is 1. The zero-order chi connectivity index (χ0) is 16.8. The van der Waals surface area contributed by atoms with E-state index in [0.717, 1.165) is 28.7 Å². The van der Waals surface area contributed by atoms with Crippen LogP contribution in [0.25, 0.3) is 11.1 Å². The molecular formula is C22H18ClO. The van der Waals surface area contributed by atoms with Gasteiger partial charge in [-0.1, -0.05) is 72.8 Å². The van der Waals surface area contributed by atoms with Crippen molar-refractivity contribution in [3.05, 3.63) is 102 Å². The van der Waals surface area contributed by atoms with Crippen LogP contribution in [0.15, 0.2) is 84.9 Å². The molecule has 0 fully saturated rings. The maximum Gasteiger partial charge on any atom is 0.178 e. The molecule has 0 heterocycles. The molecule has 0 aliphatic heterocycles. The molecule has 119 valence electrons. The molecular weight excluding hydrogens is 316 g/mol. The van der Waals surface area contributed by atoms with Gasteiger partial charge < -0.3 is 0 Å². The summed E-state index contributed by atoms with van der Waals surface area (Å²) in [4.78, 5) is 0. The highest BCUT2D eigenvalue weighted by atomic mass is 35.5. The number of rotatable bonds is 5. The molecule has 1 radical (unpaired) electrons. The Bertz CT molecular complexity index is 806. The van der Waals surface area contributed by atoms with Gasteiger partial charge in [-0.15, -0.1) is 11.6 Å². The van der Waals surface area contributed by atoms with Crippen molar-refractivity contribution in [3.8, 4) is 5.75 Å². The third kappa shape index (κ3) is 3.69. The van der Waals surface area contributed by atoms with Crippen molar-refractivity contribution in [1.29, 1.82) is 0 Å². The van der Waals surface area contributed by atoms with E-state index in [1.54, 1.807) is 12.1 Å². The molecule has 0 aromatic heterocycles. The molecule has 24 heavy (non-hydrogen) atoms. The second kappa shape index (κ2) is 7.85. The Balaban J connectivity index is 2.26. The Morgan fingerprint density at radius 3 is 1.71 bits per heavy atom. The largest absolute Gasteiger partial charge is 0.290 e. The van der Waals surface area contributed by atoms with Gasteiger partial charge in [-0.25, -0.2) is 0 Å². The number of benzene rings is 3. The summed E-state index contributed by atoms with van der Waals surface area (Å²) in [5.74, 6) is 0.560. The highest BCUT2D eigenvalue weighted by molar-refractivity contribution is 6.18. The first kappa shape index (κ1) is 16.4. The van der Waals surface area contributed by atoms with E-state index < -0.39 is 0 Å². The SMILES string of the molecule is [O]c1ccc(C(=C(CCCl)c2ccccc2)c2ccccc2)cc1. The minimum atomic E-state index is 0.0183. The average molecular weight is 334 g/mol. The van der Waals surface area contributed by atoms with E-state index in [4.69, 9.17) is 11.6 Å². The highest BCUT2D eigenvalue weighted by Crippen LogP contribution is 2.35. The van der Waals surface area contributed by atoms with Crippen LogP contribution in [0.3, 0.4) is 0 Å². The zero-order valence-electron chi connectivity index (χ0n) is 13.3. The first-order valence-corrected chi connectivity index (χ1v) is 8.50. The Morgan fingerprint density at radius 1 is 0.667 bits per heavy atom. The Morgan fingerprint density at radius 2 is 1.17 bits per heavy atom. The van der Waals surface area contributed by atoms with Crippen LogP contribution >= 0.6 is 11.6 Å². The lowest BCUT2D eigenvalue weighted by atomic mass is 9.88. The Labute approximate surface area is 147 Å². The molecule has 1 nitrogen and oxygen atoms in total. The molecule has 0 bridgehead atoms. The lowest BCUT2D eigenvalue weighted by Gasteiger charge is -2.16. The minimum Gasteiger partial charge on any atom is -0.290 e. The zero-order valence-corrected chi connectivity index (χ0v) is 14.0. The molecule has 0 saturated heterocycles. The smallest absolute Gasteiger partial charge is 0.178 e. The predicted octanol–water partition coefficient (Wildman–Crippen LogP) is 6.42. The van der Waals surface area contributed by atoms with Crippen LogP contribution in [0.5, 0.6) is 5.75 Å². The first-order valence-electron chi connectivity index (χ1n) is 7.97. The molecule has 3 aromatic rings. The van der Waals surface area contributed by atoms with E-state index in [-0.39, 0.29) is 5.75 Å². The van der Waals surface area contributed by atoms with Crippen molar-refractivity contribution in [3.63, 3.8) is 0 Å². The molecule has 2 heteroatoms. The van der Waals surface area contributed by atoms with Gasteiger partial charge in [0.25, 0.3) is 0 Å².